The number of amides is 1. The van der Waals surface area contributed by atoms with E-state index in [4.69, 9.17) is 0 Å². The number of hydrogen-bond donors (Lipinski definition) is 3. The Kier molecular flexibility index (Phi) is 7.57. The van der Waals surface area contributed by atoms with Crippen molar-refractivity contribution in [3.63, 3.8) is 0 Å². The Morgan fingerprint density at radius 2 is 2.26 bits per heavy atom. The summed E-state index contributed by atoms with van der Waals surface area (Å²) in [4.78, 5) is 18.5. The van der Waals surface area contributed by atoms with Gasteiger partial charge in [-0.2, -0.15) is 0 Å². The van der Waals surface area contributed by atoms with E-state index in [-0.39, 0.29) is 35.3 Å². The van der Waals surface area contributed by atoms with Crippen LogP contribution in [0.1, 0.15) is 46.5 Å². The van der Waals surface area contributed by atoms with Gasteiger partial charge in [0.05, 0.1) is 12.1 Å². The number of guanidine groups is 1. The maximum absolute atomic E-state index is 11.6. The second-order valence-corrected chi connectivity index (χ2v) is 7.00. The van der Waals surface area contributed by atoms with E-state index >= 15 is 0 Å². The first-order valence-electron chi connectivity index (χ1n) is 8.42. The molecular weight excluding hydrogens is 407 g/mol. The number of carbonyl (C=O) groups is 1. The Labute approximate surface area is 156 Å². The lowest BCUT2D eigenvalue weighted by Crippen LogP contribution is -2.51. The summed E-state index contributed by atoms with van der Waals surface area (Å²) in [6, 6.07) is 0. The number of aliphatic hydroxyl groups is 1. The number of nitrogens with zero attached hydrogens (tertiary/aromatic N) is 2. The molecule has 1 amide bonds. The minimum Gasteiger partial charge on any atom is -0.388 e. The lowest BCUT2D eigenvalue weighted by atomic mass is 9.79. The van der Waals surface area contributed by atoms with Crippen molar-refractivity contribution >= 4 is 35.8 Å². The fourth-order valence-electron chi connectivity index (χ4n) is 3.21. The van der Waals surface area contributed by atoms with Crippen LogP contribution in [0.3, 0.4) is 0 Å². The predicted octanol–water partition coefficient (Wildman–Crippen LogP) is 1.33. The minimum absolute atomic E-state index is 0. The zero-order chi connectivity index (χ0) is 16.2. The summed E-state index contributed by atoms with van der Waals surface area (Å²) >= 11 is 0. The van der Waals surface area contributed by atoms with Gasteiger partial charge in [0.2, 0.25) is 5.91 Å². The van der Waals surface area contributed by atoms with E-state index in [1.165, 1.54) is 0 Å². The van der Waals surface area contributed by atoms with Crippen molar-refractivity contribution in [2.75, 3.05) is 32.7 Å². The highest BCUT2D eigenvalue weighted by Gasteiger charge is 2.42. The van der Waals surface area contributed by atoms with Gasteiger partial charge in [-0.25, -0.2) is 0 Å². The summed E-state index contributed by atoms with van der Waals surface area (Å²) in [5.74, 6) is 1.02. The van der Waals surface area contributed by atoms with Gasteiger partial charge < -0.3 is 20.6 Å². The topological polar surface area (TPSA) is 77.0 Å². The van der Waals surface area contributed by atoms with Gasteiger partial charge in [0.25, 0.3) is 0 Å². The van der Waals surface area contributed by atoms with Crippen LogP contribution in [0.25, 0.3) is 0 Å². The molecule has 0 saturated carbocycles. The smallest absolute Gasteiger partial charge is 0.220 e. The van der Waals surface area contributed by atoms with Gasteiger partial charge in [-0.3, -0.25) is 9.79 Å². The average Bonchev–Trinajstić information content (AvgIpc) is 2.84. The molecule has 2 aliphatic heterocycles. The molecule has 0 aromatic heterocycles. The predicted molar refractivity (Wildman–Crippen MR) is 103 cm³/mol. The monoisotopic (exact) mass is 438 g/mol. The molecule has 2 unspecified atom stereocenters. The molecule has 23 heavy (non-hydrogen) atoms. The Morgan fingerprint density at radius 3 is 2.83 bits per heavy atom. The molecule has 2 aliphatic rings. The van der Waals surface area contributed by atoms with Crippen molar-refractivity contribution in [2.24, 2.45) is 10.4 Å². The van der Waals surface area contributed by atoms with Gasteiger partial charge in [0, 0.05) is 38.0 Å². The van der Waals surface area contributed by atoms with Crippen LogP contribution in [0.4, 0.5) is 0 Å². The summed E-state index contributed by atoms with van der Waals surface area (Å²) < 4.78 is 0. The maximum atomic E-state index is 11.6. The molecule has 2 fully saturated rings. The molecule has 2 rings (SSSR count). The molecule has 2 saturated heterocycles. The van der Waals surface area contributed by atoms with Crippen LogP contribution in [-0.2, 0) is 4.79 Å². The van der Waals surface area contributed by atoms with Crippen molar-refractivity contribution in [2.45, 2.75) is 52.1 Å². The van der Waals surface area contributed by atoms with Crippen molar-refractivity contribution in [1.29, 1.82) is 0 Å². The van der Waals surface area contributed by atoms with E-state index in [1.54, 1.807) is 0 Å². The van der Waals surface area contributed by atoms with Crippen LogP contribution in [0, 0.1) is 5.41 Å². The minimum atomic E-state index is -0.765. The molecular formula is C16H31IN4O2. The molecule has 6 nitrogen and oxygen atoms in total. The van der Waals surface area contributed by atoms with E-state index in [9.17, 15) is 9.90 Å². The third-order valence-electron chi connectivity index (χ3n) is 4.82. The number of rotatable bonds is 4. The molecule has 134 valence electrons. The van der Waals surface area contributed by atoms with Gasteiger partial charge in [-0.1, -0.05) is 6.92 Å². The maximum Gasteiger partial charge on any atom is 0.220 e. The number of hydrogen-bond acceptors (Lipinski definition) is 3. The molecule has 0 aliphatic carbocycles. The molecule has 3 N–H and O–H groups in total. The first-order chi connectivity index (χ1) is 10.4. The highest BCUT2D eigenvalue weighted by atomic mass is 127. The Hall–Kier alpha value is -0.570. The quantitative estimate of drug-likeness (QED) is 0.352. The van der Waals surface area contributed by atoms with Crippen molar-refractivity contribution < 1.29 is 9.90 Å². The number of halogens is 1. The van der Waals surface area contributed by atoms with Crippen LogP contribution in [0.2, 0.25) is 0 Å². The Morgan fingerprint density at radius 1 is 1.52 bits per heavy atom. The summed E-state index contributed by atoms with van der Waals surface area (Å²) in [5.41, 5.74) is -0.710. The first kappa shape index (κ1) is 20.5. The third kappa shape index (κ3) is 5.48. The van der Waals surface area contributed by atoms with E-state index < -0.39 is 5.60 Å². The van der Waals surface area contributed by atoms with Gasteiger partial charge >= 0.3 is 0 Å². The van der Waals surface area contributed by atoms with Crippen LogP contribution in [0.15, 0.2) is 4.99 Å². The van der Waals surface area contributed by atoms with Crippen LogP contribution < -0.4 is 10.6 Å². The normalized spacial score (nSPS) is 27.4. The molecule has 0 aromatic rings. The Balaban J connectivity index is 0.00000264. The van der Waals surface area contributed by atoms with Crippen LogP contribution in [0.5, 0.6) is 0 Å². The molecule has 2 atom stereocenters. The number of likely N-dealkylation sites (tertiary alicyclic amines) is 1. The molecule has 0 aromatic carbocycles. The largest absolute Gasteiger partial charge is 0.388 e. The fraction of sp³-hybridized carbons (Fsp3) is 0.875. The summed E-state index contributed by atoms with van der Waals surface area (Å²) in [5, 5.41) is 16.5. The summed E-state index contributed by atoms with van der Waals surface area (Å²) in [6.45, 7) is 9.61. The second-order valence-electron chi connectivity index (χ2n) is 7.00. The fourth-order valence-corrected chi connectivity index (χ4v) is 3.21. The Bertz CT molecular complexity index is 442. The first-order valence-corrected chi connectivity index (χ1v) is 8.42. The lowest BCUT2D eigenvalue weighted by Gasteiger charge is -2.41. The van der Waals surface area contributed by atoms with Crippen molar-refractivity contribution in [1.82, 2.24) is 15.5 Å². The van der Waals surface area contributed by atoms with Crippen molar-refractivity contribution in [3.8, 4) is 0 Å². The molecule has 0 radical (unpaired) electrons. The van der Waals surface area contributed by atoms with Crippen LogP contribution in [-0.4, -0.2) is 60.2 Å². The average molecular weight is 438 g/mol. The van der Waals surface area contributed by atoms with E-state index in [0.29, 0.717) is 19.4 Å². The van der Waals surface area contributed by atoms with E-state index in [1.807, 2.05) is 20.8 Å². The number of aliphatic imine (C=N–C) groups is 1. The van der Waals surface area contributed by atoms with Gasteiger partial charge in [0.1, 0.15) is 0 Å². The van der Waals surface area contributed by atoms with Crippen LogP contribution >= 0.6 is 24.0 Å². The molecule has 7 heteroatoms. The number of nitrogens with one attached hydrogen (secondary N) is 2. The molecule has 2 heterocycles. The van der Waals surface area contributed by atoms with Gasteiger partial charge in [0.15, 0.2) is 5.96 Å². The van der Waals surface area contributed by atoms with Crippen molar-refractivity contribution in [3.05, 3.63) is 0 Å². The third-order valence-corrected chi connectivity index (χ3v) is 4.82. The summed E-state index contributed by atoms with van der Waals surface area (Å²) in [6.07, 6.45) is 3.46. The SMILES string of the molecule is CCNC(=NCC(C)(O)CC)N1CCCC2(CNC(=O)C2)C1.I. The second kappa shape index (κ2) is 8.50. The van der Waals surface area contributed by atoms with Gasteiger partial charge in [-0.15, -0.1) is 24.0 Å². The number of carbonyl (C=O) groups excluding carboxylic acids is 1. The number of piperidine rings is 1. The summed E-state index contributed by atoms with van der Waals surface area (Å²) in [7, 11) is 0. The highest BCUT2D eigenvalue weighted by molar-refractivity contribution is 14.0. The standard InChI is InChI=1S/C16H30N4O2.HI/c1-4-15(3,22)10-19-14(17-5-2)20-8-6-7-16(12-20)9-13(21)18-11-16;/h22H,4-12H2,1-3H3,(H,17,19)(H,18,21);1H. The molecule has 0 bridgehead atoms. The zero-order valence-corrected chi connectivity index (χ0v) is 16.9. The van der Waals surface area contributed by atoms with Gasteiger partial charge in [-0.05, 0) is 33.1 Å². The molecule has 1 spiro atoms. The van der Waals surface area contributed by atoms with E-state index in [2.05, 4.69) is 20.5 Å². The van der Waals surface area contributed by atoms with E-state index in [0.717, 1.165) is 45.0 Å². The highest BCUT2D eigenvalue weighted by Crippen LogP contribution is 2.36. The zero-order valence-electron chi connectivity index (χ0n) is 14.5. The lowest BCUT2D eigenvalue weighted by molar-refractivity contribution is -0.119.